The molecule has 0 aliphatic heterocycles. The minimum atomic E-state index is -0.932. The second-order valence-electron chi connectivity index (χ2n) is 7.12. The maximum Gasteiger partial charge on any atom is 0.0414 e. The van der Waals surface area contributed by atoms with Crippen molar-refractivity contribution < 1.29 is 9.90 Å². The lowest BCUT2D eigenvalue weighted by atomic mass is 10.1. The van der Waals surface area contributed by atoms with Crippen LogP contribution in [0.5, 0.6) is 0 Å². The molecule has 0 aromatic heterocycles. The molecule has 0 saturated heterocycles. The molecule has 28 heavy (non-hydrogen) atoms. The van der Waals surface area contributed by atoms with Gasteiger partial charge in [0.2, 0.25) is 0 Å². The van der Waals surface area contributed by atoms with E-state index in [0.29, 0.717) is 0 Å². The van der Waals surface area contributed by atoms with Crippen LogP contribution in [0.25, 0.3) is 0 Å². The molecule has 0 heterocycles. The molecule has 0 aromatic carbocycles. The van der Waals surface area contributed by atoms with Crippen molar-refractivity contribution >= 4 is 5.97 Å². The lowest BCUT2D eigenvalue weighted by Crippen LogP contribution is -2.21. The number of hydrogen-bond donors (Lipinski definition) is 0. The Morgan fingerprint density at radius 3 is 1.39 bits per heavy atom. The number of carbonyl (C=O) groups is 1. The summed E-state index contributed by atoms with van der Waals surface area (Å²) in [6.07, 6.45) is 36.8. The number of rotatable bonds is 19. The standard InChI is InChI=1S/C26H42O2/c1-2-3-4-5-6-7-8-9-10-11-12-13-14-15-16-17-18-19-20-21-22-23-24-25-26(27)28/h6-7,9-10,12-13,15-16,18-19H,2-5,8,11,14,17,20-25H2,1H3,(H,27,28)/p-1/b7-6-,10-9-,13-12-,16-15-,19-18-. The molecule has 0 rings (SSSR count). The first kappa shape index (κ1) is 26.2. The zero-order valence-electron chi connectivity index (χ0n) is 18.0. The Balaban J connectivity index is 3.42. The number of carbonyl (C=O) groups excluding carboxylic acids is 1. The van der Waals surface area contributed by atoms with Crippen molar-refractivity contribution in [2.24, 2.45) is 0 Å². The number of allylic oxidation sites excluding steroid dienone is 10. The summed E-state index contributed by atoms with van der Waals surface area (Å²) in [6, 6.07) is 0. The van der Waals surface area contributed by atoms with Crippen LogP contribution in [-0.4, -0.2) is 5.97 Å². The zero-order valence-corrected chi connectivity index (χ0v) is 18.0. The zero-order chi connectivity index (χ0) is 20.5. The van der Waals surface area contributed by atoms with Gasteiger partial charge in [0.05, 0.1) is 0 Å². The Bertz CT molecular complexity index is 481. The van der Waals surface area contributed by atoms with Crippen LogP contribution in [0.2, 0.25) is 0 Å². The van der Waals surface area contributed by atoms with Gasteiger partial charge in [-0.15, -0.1) is 0 Å². The molecule has 0 aliphatic carbocycles. The number of hydrogen-bond acceptors (Lipinski definition) is 2. The van der Waals surface area contributed by atoms with Gasteiger partial charge in [0.15, 0.2) is 0 Å². The molecule has 0 amide bonds. The Hall–Kier alpha value is -1.83. The molecule has 0 fully saturated rings. The van der Waals surface area contributed by atoms with Gasteiger partial charge in [-0.2, -0.15) is 0 Å². The van der Waals surface area contributed by atoms with Gasteiger partial charge < -0.3 is 9.90 Å². The molecular formula is C26H41O2-. The van der Waals surface area contributed by atoms with Gasteiger partial charge in [0, 0.05) is 5.97 Å². The van der Waals surface area contributed by atoms with Crippen LogP contribution < -0.4 is 5.11 Å². The second-order valence-corrected chi connectivity index (χ2v) is 7.12. The highest BCUT2D eigenvalue weighted by Crippen LogP contribution is 2.06. The molecule has 0 bridgehead atoms. The highest BCUT2D eigenvalue weighted by Gasteiger charge is 1.89. The molecule has 0 N–H and O–H groups in total. The molecule has 0 saturated carbocycles. The third-order valence-electron chi connectivity index (χ3n) is 4.40. The smallest absolute Gasteiger partial charge is 0.0414 e. The van der Waals surface area contributed by atoms with E-state index in [1.54, 1.807) is 0 Å². The van der Waals surface area contributed by atoms with Crippen LogP contribution in [0, 0.1) is 0 Å². The molecule has 2 nitrogen and oxygen atoms in total. The quantitative estimate of drug-likeness (QED) is 0.177. The minimum Gasteiger partial charge on any atom is -0.550 e. The van der Waals surface area contributed by atoms with Crippen LogP contribution in [-0.2, 0) is 4.79 Å². The molecule has 0 aliphatic rings. The number of carboxylic acid groups (broad SMARTS) is 1. The Morgan fingerprint density at radius 2 is 0.964 bits per heavy atom. The van der Waals surface area contributed by atoms with E-state index in [0.717, 1.165) is 57.8 Å². The Morgan fingerprint density at radius 1 is 0.571 bits per heavy atom. The average molecular weight is 386 g/mol. The largest absolute Gasteiger partial charge is 0.550 e. The maximum atomic E-state index is 10.3. The number of aliphatic carboxylic acids is 1. The number of carboxylic acids is 1. The summed E-state index contributed by atoms with van der Waals surface area (Å²) >= 11 is 0. The van der Waals surface area contributed by atoms with E-state index in [2.05, 4.69) is 67.7 Å². The summed E-state index contributed by atoms with van der Waals surface area (Å²) in [5, 5.41) is 10.3. The van der Waals surface area contributed by atoms with Crippen molar-refractivity contribution in [3.63, 3.8) is 0 Å². The van der Waals surface area contributed by atoms with E-state index in [4.69, 9.17) is 0 Å². The van der Waals surface area contributed by atoms with Gasteiger partial charge in [-0.05, 0) is 64.2 Å². The van der Waals surface area contributed by atoms with Crippen molar-refractivity contribution in [3.8, 4) is 0 Å². The fraction of sp³-hybridized carbons (Fsp3) is 0.577. The van der Waals surface area contributed by atoms with Gasteiger partial charge in [0.25, 0.3) is 0 Å². The summed E-state index contributed by atoms with van der Waals surface area (Å²) in [7, 11) is 0. The van der Waals surface area contributed by atoms with Gasteiger partial charge in [-0.25, -0.2) is 0 Å². The van der Waals surface area contributed by atoms with Crippen molar-refractivity contribution in [3.05, 3.63) is 60.8 Å². The first-order valence-corrected chi connectivity index (χ1v) is 11.2. The number of unbranched alkanes of at least 4 members (excludes halogenated alkanes) is 7. The maximum absolute atomic E-state index is 10.3. The summed E-state index contributed by atoms with van der Waals surface area (Å²) in [4.78, 5) is 10.3. The highest BCUT2D eigenvalue weighted by molar-refractivity contribution is 5.64. The molecular weight excluding hydrogens is 344 g/mol. The topological polar surface area (TPSA) is 40.1 Å². The lowest BCUT2D eigenvalue weighted by Gasteiger charge is -2.00. The van der Waals surface area contributed by atoms with Crippen LogP contribution in [0.4, 0.5) is 0 Å². The SMILES string of the molecule is CCCCC/C=C\C/C=C\C/C=C\C/C=C\C/C=C\CCCCCCC(=O)[O-]. The third kappa shape index (κ3) is 24.2. The molecule has 0 unspecified atom stereocenters. The fourth-order valence-corrected chi connectivity index (χ4v) is 2.72. The molecule has 0 aromatic rings. The van der Waals surface area contributed by atoms with Crippen molar-refractivity contribution in [2.45, 2.75) is 96.8 Å². The van der Waals surface area contributed by atoms with E-state index < -0.39 is 5.97 Å². The van der Waals surface area contributed by atoms with E-state index in [1.165, 1.54) is 25.7 Å². The molecule has 158 valence electrons. The fourth-order valence-electron chi connectivity index (χ4n) is 2.72. The normalized spacial score (nSPS) is 12.6. The lowest BCUT2D eigenvalue weighted by molar-refractivity contribution is -0.305. The van der Waals surface area contributed by atoms with Gasteiger partial charge >= 0.3 is 0 Å². The van der Waals surface area contributed by atoms with Crippen LogP contribution in [0.15, 0.2) is 60.8 Å². The van der Waals surface area contributed by atoms with Gasteiger partial charge in [-0.1, -0.05) is 93.4 Å². The monoisotopic (exact) mass is 385 g/mol. The van der Waals surface area contributed by atoms with Crippen LogP contribution >= 0.6 is 0 Å². The average Bonchev–Trinajstić information content (AvgIpc) is 2.68. The highest BCUT2D eigenvalue weighted by atomic mass is 16.4. The second kappa shape index (κ2) is 23.2. The van der Waals surface area contributed by atoms with E-state index in [-0.39, 0.29) is 6.42 Å². The predicted octanol–water partition coefficient (Wildman–Crippen LogP) is 7.00. The van der Waals surface area contributed by atoms with E-state index >= 15 is 0 Å². The predicted molar refractivity (Wildman–Crippen MR) is 121 cm³/mol. The molecule has 0 atom stereocenters. The minimum absolute atomic E-state index is 0.196. The first-order valence-electron chi connectivity index (χ1n) is 11.2. The van der Waals surface area contributed by atoms with Crippen molar-refractivity contribution in [2.75, 3.05) is 0 Å². The van der Waals surface area contributed by atoms with Crippen LogP contribution in [0.3, 0.4) is 0 Å². The summed E-state index contributed by atoms with van der Waals surface area (Å²) in [6.45, 7) is 2.24. The summed E-state index contributed by atoms with van der Waals surface area (Å²) in [5.74, 6) is -0.932. The van der Waals surface area contributed by atoms with Crippen molar-refractivity contribution in [1.29, 1.82) is 0 Å². The molecule has 2 heteroatoms. The van der Waals surface area contributed by atoms with E-state index in [9.17, 15) is 9.90 Å². The summed E-state index contributed by atoms with van der Waals surface area (Å²) < 4.78 is 0. The first-order chi connectivity index (χ1) is 13.8. The van der Waals surface area contributed by atoms with Gasteiger partial charge in [0.1, 0.15) is 0 Å². The van der Waals surface area contributed by atoms with Crippen molar-refractivity contribution in [1.82, 2.24) is 0 Å². The Kier molecular flexibility index (Phi) is 21.7. The molecule has 0 radical (unpaired) electrons. The van der Waals surface area contributed by atoms with Crippen LogP contribution in [0.1, 0.15) is 96.8 Å². The van der Waals surface area contributed by atoms with E-state index in [1.807, 2.05) is 0 Å². The Labute approximate surface area is 173 Å². The molecule has 0 spiro atoms. The summed E-state index contributed by atoms with van der Waals surface area (Å²) in [5.41, 5.74) is 0. The third-order valence-corrected chi connectivity index (χ3v) is 4.40. The van der Waals surface area contributed by atoms with Gasteiger partial charge in [-0.3, -0.25) is 0 Å².